The fourth-order valence-electron chi connectivity index (χ4n) is 2.29. The number of halogens is 1. The Morgan fingerprint density at radius 2 is 1.89 bits per heavy atom. The van der Waals surface area contributed by atoms with Gasteiger partial charge in [0, 0.05) is 6.20 Å². The molecule has 0 bridgehead atoms. The number of hydrazine groups is 1. The Labute approximate surface area is 118 Å². The molecule has 100 valence electrons. The first-order valence-electron chi connectivity index (χ1n) is 6.23. The first kappa shape index (κ1) is 14.0. The number of hydrogen-bond acceptors (Lipinski definition) is 3. The molecular formula is C15H18ClN3. The fourth-order valence-corrected chi connectivity index (χ4v) is 2.40. The lowest BCUT2D eigenvalue weighted by Crippen LogP contribution is -2.29. The standard InChI is InChI=1S/C15H18ClN3/c1-10-5-11(2)7-12(6-10)8-14(19-17)13-3-4-15(16)18-9-13/h3-7,9,14,19H,8,17H2,1-2H3. The van der Waals surface area contributed by atoms with E-state index in [4.69, 9.17) is 17.4 Å². The maximum absolute atomic E-state index is 5.80. The number of nitrogens with zero attached hydrogens (tertiary/aromatic N) is 1. The molecule has 0 saturated carbocycles. The third-order valence-electron chi connectivity index (χ3n) is 3.08. The molecule has 2 aromatic rings. The topological polar surface area (TPSA) is 50.9 Å². The third-order valence-corrected chi connectivity index (χ3v) is 3.30. The van der Waals surface area contributed by atoms with Crippen LogP contribution in [0.25, 0.3) is 0 Å². The van der Waals surface area contributed by atoms with E-state index in [-0.39, 0.29) is 6.04 Å². The molecule has 0 fully saturated rings. The summed E-state index contributed by atoms with van der Waals surface area (Å²) in [6.07, 6.45) is 2.58. The van der Waals surface area contributed by atoms with Crippen LogP contribution >= 0.6 is 11.6 Å². The van der Waals surface area contributed by atoms with Gasteiger partial charge in [-0.3, -0.25) is 11.3 Å². The van der Waals surface area contributed by atoms with Crippen molar-refractivity contribution in [1.29, 1.82) is 0 Å². The molecule has 0 aliphatic carbocycles. The molecule has 4 heteroatoms. The molecule has 0 amide bonds. The van der Waals surface area contributed by atoms with Gasteiger partial charge in [0.05, 0.1) is 6.04 Å². The van der Waals surface area contributed by atoms with Gasteiger partial charge in [0.1, 0.15) is 5.15 Å². The third kappa shape index (κ3) is 3.77. The Hall–Kier alpha value is -1.42. The van der Waals surface area contributed by atoms with Gasteiger partial charge in [-0.25, -0.2) is 4.98 Å². The second-order valence-corrected chi connectivity index (χ2v) is 5.22. The Morgan fingerprint density at radius 3 is 2.42 bits per heavy atom. The fraction of sp³-hybridized carbons (Fsp3) is 0.267. The van der Waals surface area contributed by atoms with Gasteiger partial charge in [-0.2, -0.15) is 0 Å². The first-order chi connectivity index (χ1) is 9.08. The summed E-state index contributed by atoms with van der Waals surface area (Å²) in [5.74, 6) is 5.66. The van der Waals surface area contributed by atoms with Gasteiger partial charge in [0.15, 0.2) is 0 Å². The van der Waals surface area contributed by atoms with Gasteiger partial charge in [-0.05, 0) is 37.5 Å². The van der Waals surface area contributed by atoms with E-state index in [1.807, 2.05) is 6.07 Å². The van der Waals surface area contributed by atoms with Crippen LogP contribution < -0.4 is 11.3 Å². The highest BCUT2D eigenvalue weighted by molar-refractivity contribution is 6.29. The predicted octanol–water partition coefficient (Wildman–Crippen LogP) is 3.10. The molecule has 2 rings (SSSR count). The molecular weight excluding hydrogens is 258 g/mol. The van der Waals surface area contributed by atoms with E-state index < -0.39 is 0 Å². The maximum atomic E-state index is 5.80. The molecule has 0 spiro atoms. The van der Waals surface area contributed by atoms with Crippen LogP contribution in [0.15, 0.2) is 36.5 Å². The highest BCUT2D eigenvalue weighted by atomic mass is 35.5. The molecule has 19 heavy (non-hydrogen) atoms. The average molecular weight is 276 g/mol. The number of pyridine rings is 1. The first-order valence-corrected chi connectivity index (χ1v) is 6.61. The second-order valence-electron chi connectivity index (χ2n) is 4.83. The summed E-state index contributed by atoms with van der Waals surface area (Å²) < 4.78 is 0. The van der Waals surface area contributed by atoms with Crippen LogP contribution in [0.1, 0.15) is 28.3 Å². The van der Waals surface area contributed by atoms with Crippen LogP contribution in [0.2, 0.25) is 5.15 Å². The zero-order chi connectivity index (χ0) is 13.8. The van der Waals surface area contributed by atoms with Gasteiger partial charge in [-0.15, -0.1) is 0 Å². The second kappa shape index (κ2) is 6.15. The lowest BCUT2D eigenvalue weighted by atomic mass is 9.98. The van der Waals surface area contributed by atoms with Gasteiger partial charge < -0.3 is 0 Å². The zero-order valence-corrected chi connectivity index (χ0v) is 11.9. The van der Waals surface area contributed by atoms with Crippen molar-refractivity contribution in [1.82, 2.24) is 10.4 Å². The lowest BCUT2D eigenvalue weighted by Gasteiger charge is -2.17. The van der Waals surface area contributed by atoms with Crippen LogP contribution in [0.4, 0.5) is 0 Å². The minimum atomic E-state index is 0.0333. The van der Waals surface area contributed by atoms with E-state index in [0.717, 1.165) is 12.0 Å². The average Bonchev–Trinajstić information content (AvgIpc) is 2.36. The number of benzene rings is 1. The molecule has 1 aromatic carbocycles. The van der Waals surface area contributed by atoms with Crippen molar-refractivity contribution < 1.29 is 0 Å². The van der Waals surface area contributed by atoms with Gasteiger partial charge in [-0.1, -0.05) is 47.0 Å². The number of aryl methyl sites for hydroxylation is 2. The normalized spacial score (nSPS) is 12.4. The number of hydrogen-bond donors (Lipinski definition) is 2. The van der Waals surface area contributed by atoms with Crippen LogP contribution in [0.5, 0.6) is 0 Å². The molecule has 0 radical (unpaired) electrons. The Balaban J connectivity index is 2.21. The van der Waals surface area contributed by atoms with Gasteiger partial charge >= 0.3 is 0 Å². The van der Waals surface area contributed by atoms with E-state index in [1.54, 1.807) is 12.3 Å². The van der Waals surface area contributed by atoms with Crippen LogP contribution in [-0.2, 0) is 6.42 Å². The Bertz CT molecular complexity index is 532. The summed E-state index contributed by atoms with van der Waals surface area (Å²) in [5, 5.41) is 0.492. The molecule has 0 saturated heterocycles. The largest absolute Gasteiger partial charge is 0.271 e. The highest BCUT2D eigenvalue weighted by Gasteiger charge is 2.11. The number of nitrogens with two attached hydrogens (primary N) is 1. The van der Waals surface area contributed by atoms with Crippen molar-refractivity contribution in [2.75, 3.05) is 0 Å². The zero-order valence-electron chi connectivity index (χ0n) is 11.2. The smallest absolute Gasteiger partial charge is 0.129 e. The van der Waals surface area contributed by atoms with Gasteiger partial charge in [0.2, 0.25) is 0 Å². The Morgan fingerprint density at radius 1 is 1.21 bits per heavy atom. The molecule has 1 heterocycles. The van der Waals surface area contributed by atoms with Crippen molar-refractivity contribution in [3.05, 3.63) is 63.9 Å². The quantitative estimate of drug-likeness (QED) is 0.512. The SMILES string of the molecule is Cc1cc(C)cc(CC(NN)c2ccc(Cl)nc2)c1. The van der Waals surface area contributed by atoms with E-state index in [2.05, 4.69) is 42.5 Å². The summed E-state index contributed by atoms with van der Waals surface area (Å²) >= 11 is 5.80. The van der Waals surface area contributed by atoms with Crippen LogP contribution in [0, 0.1) is 13.8 Å². The molecule has 1 unspecified atom stereocenters. The van der Waals surface area contributed by atoms with Crippen molar-refractivity contribution >= 4 is 11.6 Å². The van der Waals surface area contributed by atoms with E-state index in [0.29, 0.717) is 5.15 Å². The molecule has 1 aromatic heterocycles. The molecule has 1 atom stereocenters. The summed E-state index contributed by atoms with van der Waals surface area (Å²) in [7, 11) is 0. The van der Waals surface area contributed by atoms with Crippen molar-refractivity contribution in [3.8, 4) is 0 Å². The number of nitrogens with one attached hydrogen (secondary N) is 1. The lowest BCUT2D eigenvalue weighted by molar-refractivity contribution is 0.550. The summed E-state index contributed by atoms with van der Waals surface area (Å²) in [5.41, 5.74) is 7.66. The van der Waals surface area contributed by atoms with Crippen molar-refractivity contribution in [3.63, 3.8) is 0 Å². The molecule has 0 aliphatic rings. The summed E-state index contributed by atoms with van der Waals surface area (Å²) in [4.78, 5) is 4.09. The van der Waals surface area contributed by atoms with Crippen molar-refractivity contribution in [2.24, 2.45) is 5.84 Å². The Kier molecular flexibility index (Phi) is 4.53. The van der Waals surface area contributed by atoms with E-state index in [1.165, 1.54) is 16.7 Å². The number of rotatable bonds is 4. The number of aromatic nitrogens is 1. The highest BCUT2D eigenvalue weighted by Crippen LogP contribution is 2.20. The summed E-state index contributed by atoms with van der Waals surface area (Å²) in [6, 6.07) is 10.3. The minimum absolute atomic E-state index is 0.0333. The van der Waals surface area contributed by atoms with E-state index >= 15 is 0 Å². The summed E-state index contributed by atoms with van der Waals surface area (Å²) in [6.45, 7) is 4.20. The maximum Gasteiger partial charge on any atom is 0.129 e. The molecule has 3 nitrogen and oxygen atoms in total. The predicted molar refractivity (Wildman–Crippen MR) is 78.9 cm³/mol. The van der Waals surface area contributed by atoms with Gasteiger partial charge in [0.25, 0.3) is 0 Å². The minimum Gasteiger partial charge on any atom is -0.271 e. The molecule has 0 aliphatic heterocycles. The van der Waals surface area contributed by atoms with Crippen molar-refractivity contribution in [2.45, 2.75) is 26.3 Å². The van der Waals surface area contributed by atoms with Crippen LogP contribution in [-0.4, -0.2) is 4.98 Å². The van der Waals surface area contributed by atoms with Crippen LogP contribution in [0.3, 0.4) is 0 Å². The van der Waals surface area contributed by atoms with E-state index in [9.17, 15) is 0 Å². The monoisotopic (exact) mass is 275 g/mol. The molecule has 3 N–H and O–H groups in total.